The van der Waals surface area contributed by atoms with Crippen LogP contribution in [0.25, 0.3) is 0 Å². The van der Waals surface area contributed by atoms with Gasteiger partial charge in [-0.3, -0.25) is 9.69 Å². The molecule has 0 spiro atoms. The number of rotatable bonds is 4. The van der Waals surface area contributed by atoms with Crippen LogP contribution in [0.3, 0.4) is 0 Å². The number of halogens is 1. The highest BCUT2D eigenvalue weighted by Crippen LogP contribution is 2.24. The Morgan fingerprint density at radius 1 is 1.55 bits per heavy atom. The van der Waals surface area contributed by atoms with Crippen LogP contribution in [0.15, 0.2) is 23.1 Å². The van der Waals surface area contributed by atoms with Crippen molar-refractivity contribution in [3.8, 4) is 0 Å². The monoisotopic (exact) mass is 346 g/mol. The zero-order valence-corrected chi connectivity index (χ0v) is 13.7. The number of nitrogens with one attached hydrogen (secondary N) is 2. The van der Waals surface area contributed by atoms with Gasteiger partial charge in [-0.2, -0.15) is 0 Å². The molecule has 0 bridgehead atoms. The van der Waals surface area contributed by atoms with E-state index in [1.165, 1.54) is 18.2 Å². The summed E-state index contributed by atoms with van der Waals surface area (Å²) in [6, 6.07) is 4.21. The lowest BCUT2D eigenvalue weighted by Gasteiger charge is -2.33. The molecular weight excluding hydrogens is 328 g/mol. The number of nitrogens with zero attached hydrogens (tertiary/aromatic N) is 1. The quantitative estimate of drug-likeness (QED) is 0.723. The fourth-order valence-electron chi connectivity index (χ4n) is 2.27. The Kier molecular flexibility index (Phi) is 5.41. The molecule has 22 heavy (non-hydrogen) atoms. The van der Waals surface area contributed by atoms with E-state index in [0.29, 0.717) is 0 Å². The third kappa shape index (κ3) is 4.40. The van der Waals surface area contributed by atoms with Gasteiger partial charge in [0.25, 0.3) is 0 Å². The minimum Gasteiger partial charge on any atom is -0.324 e. The predicted octanol–water partition coefficient (Wildman–Crippen LogP) is 0.220. The molecule has 1 aliphatic heterocycles. The maximum atomic E-state index is 12.1. The highest BCUT2D eigenvalue weighted by molar-refractivity contribution is 7.89. The molecule has 0 unspecified atom stereocenters. The molecule has 1 heterocycles. The number of hydrogen-bond acceptors (Lipinski definition) is 5. The van der Waals surface area contributed by atoms with Crippen LogP contribution in [0.5, 0.6) is 0 Å². The summed E-state index contributed by atoms with van der Waals surface area (Å²) in [6.45, 7) is 4.70. The molecule has 1 aliphatic rings. The van der Waals surface area contributed by atoms with Crippen LogP contribution in [0, 0.1) is 0 Å². The second-order valence-corrected chi connectivity index (χ2v) is 7.23. The highest BCUT2D eigenvalue weighted by atomic mass is 35.5. The molecule has 1 fully saturated rings. The van der Waals surface area contributed by atoms with Crippen molar-refractivity contribution in [1.29, 1.82) is 0 Å². The van der Waals surface area contributed by atoms with E-state index < -0.39 is 10.0 Å². The first-order valence-corrected chi connectivity index (χ1v) is 8.77. The van der Waals surface area contributed by atoms with E-state index in [9.17, 15) is 13.2 Å². The lowest BCUT2D eigenvalue weighted by molar-refractivity contribution is -0.118. The van der Waals surface area contributed by atoms with Crippen molar-refractivity contribution in [2.75, 3.05) is 31.5 Å². The van der Waals surface area contributed by atoms with Crippen LogP contribution in [0.2, 0.25) is 5.02 Å². The van der Waals surface area contributed by atoms with Crippen molar-refractivity contribution in [2.24, 2.45) is 5.14 Å². The summed E-state index contributed by atoms with van der Waals surface area (Å²) < 4.78 is 22.7. The van der Waals surface area contributed by atoms with E-state index in [1.54, 1.807) is 0 Å². The minimum absolute atomic E-state index is 0.0947. The molecule has 0 aliphatic carbocycles. The maximum Gasteiger partial charge on any atom is 0.238 e. The van der Waals surface area contributed by atoms with E-state index >= 15 is 0 Å². The van der Waals surface area contributed by atoms with E-state index in [-0.39, 0.29) is 34.1 Å². The molecule has 1 atom stereocenters. The van der Waals surface area contributed by atoms with Gasteiger partial charge in [-0.05, 0) is 25.1 Å². The molecule has 1 aromatic rings. The van der Waals surface area contributed by atoms with Gasteiger partial charge in [-0.25, -0.2) is 13.6 Å². The van der Waals surface area contributed by atoms with Gasteiger partial charge in [-0.1, -0.05) is 11.6 Å². The van der Waals surface area contributed by atoms with Gasteiger partial charge in [0.1, 0.15) is 0 Å². The number of carbonyl (C=O) groups is 1. The smallest absolute Gasteiger partial charge is 0.238 e. The molecule has 9 heteroatoms. The summed E-state index contributed by atoms with van der Waals surface area (Å²) in [5, 5.41) is 11.2. The Morgan fingerprint density at radius 2 is 2.27 bits per heavy atom. The number of sulfonamides is 1. The van der Waals surface area contributed by atoms with Crippen LogP contribution in [0.4, 0.5) is 5.69 Å². The third-order valence-corrected chi connectivity index (χ3v) is 4.77. The number of nitrogens with two attached hydrogens (primary N) is 1. The third-order valence-electron chi connectivity index (χ3n) is 3.53. The number of primary sulfonamides is 1. The van der Waals surface area contributed by atoms with Crippen LogP contribution >= 0.6 is 11.6 Å². The van der Waals surface area contributed by atoms with Gasteiger partial charge in [0.2, 0.25) is 15.9 Å². The zero-order valence-electron chi connectivity index (χ0n) is 12.2. The first-order chi connectivity index (χ1) is 10.3. The molecule has 1 saturated heterocycles. The number of carbonyl (C=O) groups excluding carboxylic acids is 1. The highest BCUT2D eigenvalue weighted by Gasteiger charge is 2.21. The molecule has 0 aromatic heterocycles. The Hall–Kier alpha value is -1.19. The van der Waals surface area contributed by atoms with Crippen molar-refractivity contribution >= 4 is 33.2 Å². The predicted molar refractivity (Wildman–Crippen MR) is 85.4 cm³/mol. The standard InChI is InChI=1S/C13H19ClN4O3S/c1-9-7-16-4-5-18(9)8-13(19)17-12-6-10(22(15,20)21)2-3-11(12)14/h2-3,6,9,16H,4-5,7-8H2,1H3,(H,17,19)(H2,15,20,21)/t9-/m1/s1. The Labute approximate surface area is 134 Å². The summed E-state index contributed by atoms with van der Waals surface area (Å²) in [7, 11) is -3.84. The largest absolute Gasteiger partial charge is 0.324 e. The van der Waals surface area contributed by atoms with Crippen molar-refractivity contribution < 1.29 is 13.2 Å². The SMILES string of the molecule is C[C@@H]1CNCCN1CC(=O)Nc1cc(S(N)(=O)=O)ccc1Cl. The molecule has 7 nitrogen and oxygen atoms in total. The second-order valence-electron chi connectivity index (χ2n) is 5.26. The number of piperazine rings is 1. The summed E-state index contributed by atoms with van der Waals surface area (Å²) in [6.07, 6.45) is 0. The first kappa shape index (κ1) is 17.2. The summed E-state index contributed by atoms with van der Waals surface area (Å²) in [5.41, 5.74) is 0.237. The topological polar surface area (TPSA) is 105 Å². The van der Waals surface area contributed by atoms with Crippen LogP contribution < -0.4 is 15.8 Å². The fraction of sp³-hybridized carbons (Fsp3) is 0.462. The van der Waals surface area contributed by atoms with Crippen molar-refractivity contribution in [3.05, 3.63) is 23.2 Å². The lowest BCUT2D eigenvalue weighted by atomic mass is 10.2. The van der Waals surface area contributed by atoms with E-state index in [1.807, 2.05) is 11.8 Å². The lowest BCUT2D eigenvalue weighted by Crippen LogP contribution is -2.52. The average molecular weight is 347 g/mol. The number of amides is 1. The zero-order chi connectivity index (χ0) is 16.3. The molecule has 1 amide bonds. The molecule has 0 radical (unpaired) electrons. The second kappa shape index (κ2) is 6.93. The molecule has 4 N–H and O–H groups in total. The first-order valence-electron chi connectivity index (χ1n) is 6.84. The number of anilines is 1. The van der Waals surface area contributed by atoms with E-state index in [0.717, 1.165) is 19.6 Å². The van der Waals surface area contributed by atoms with Crippen LogP contribution in [-0.4, -0.2) is 51.4 Å². The Morgan fingerprint density at radius 3 is 2.91 bits per heavy atom. The number of benzene rings is 1. The normalized spacial score (nSPS) is 19.9. The Bertz CT molecular complexity index is 665. The van der Waals surface area contributed by atoms with Gasteiger partial charge in [0.05, 0.1) is 22.2 Å². The van der Waals surface area contributed by atoms with Crippen LogP contribution in [0.1, 0.15) is 6.92 Å². The van der Waals surface area contributed by atoms with Crippen molar-refractivity contribution in [3.63, 3.8) is 0 Å². The summed E-state index contributed by atoms with van der Waals surface area (Å²) in [4.78, 5) is 14.1. The molecule has 0 saturated carbocycles. The molecular formula is C13H19ClN4O3S. The molecule has 2 rings (SSSR count). The van der Waals surface area contributed by atoms with Crippen molar-refractivity contribution in [1.82, 2.24) is 10.2 Å². The van der Waals surface area contributed by atoms with Gasteiger partial charge < -0.3 is 10.6 Å². The average Bonchev–Trinajstić information content (AvgIpc) is 2.42. The molecule has 1 aromatic carbocycles. The number of hydrogen-bond donors (Lipinski definition) is 3. The van der Waals surface area contributed by atoms with Gasteiger partial charge >= 0.3 is 0 Å². The van der Waals surface area contributed by atoms with Crippen LogP contribution in [-0.2, 0) is 14.8 Å². The minimum atomic E-state index is -3.84. The summed E-state index contributed by atoms with van der Waals surface area (Å²) >= 11 is 5.99. The fourth-order valence-corrected chi connectivity index (χ4v) is 2.97. The van der Waals surface area contributed by atoms with E-state index in [4.69, 9.17) is 16.7 Å². The maximum absolute atomic E-state index is 12.1. The summed E-state index contributed by atoms with van der Waals surface area (Å²) in [5.74, 6) is -0.248. The van der Waals surface area contributed by atoms with E-state index in [2.05, 4.69) is 10.6 Å². The van der Waals surface area contributed by atoms with Gasteiger partial charge in [0, 0.05) is 25.7 Å². The van der Waals surface area contributed by atoms with Crippen molar-refractivity contribution in [2.45, 2.75) is 17.9 Å². The molecule has 122 valence electrons. The van der Waals surface area contributed by atoms with Gasteiger partial charge in [-0.15, -0.1) is 0 Å². The van der Waals surface area contributed by atoms with Gasteiger partial charge in [0.15, 0.2) is 0 Å². The Balaban J connectivity index is 2.08.